The van der Waals surface area contributed by atoms with Gasteiger partial charge in [0.15, 0.2) is 0 Å². The van der Waals surface area contributed by atoms with Gasteiger partial charge in [0.05, 0.1) is 25.7 Å². The first kappa shape index (κ1) is 24.0. The van der Waals surface area contributed by atoms with Crippen molar-refractivity contribution in [2.75, 3.05) is 0 Å². The molecule has 0 saturated heterocycles. The maximum Gasteiger partial charge on any atom is 0.269 e. The molecule has 0 heterocycles. The van der Waals surface area contributed by atoms with Gasteiger partial charge in [-0.3, -0.25) is 20.2 Å². The monoisotopic (exact) mass is 491 g/mol. The summed E-state index contributed by atoms with van der Waals surface area (Å²) in [4.78, 5) is 19.5. The van der Waals surface area contributed by atoms with Crippen LogP contribution >= 0.6 is 0 Å². The molecule has 3 rings (SSSR count). The van der Waals surface area contributed by atoms with Crippen LogP contribution in [0.5, 0.6) is 0 Å². The summed E-state index contributed by atoms with van der Waals surface area (Å²) in [6.45, 7) is 1.38. The molecule has 0 N–H and O–H groups in total. The highest BCUT2D eigenvalue weighted by Gasteiger charge is 2.41. The van der Waals surface area contributed by atoms with Crippen LogP contribution < -0.4 is 0 Å². The molecule has 3 aromatic rings. The van der Waals surface area contributed by atoms with E-state index in [0.29, 0.717) is 9.27 Å². The van der Waals surface area contributed by atoms with E-state index < -0.39 is 45.7 Å². The van der Waals surface area contributed by atoms with Gasteiger partial charge in [0.25, 0.3) is 31.4 Å². The van der Waals surface area contributed by atoms with Crippen LogP contribution in [0.15, 0.2) is 88.7 Å². The molecule has 0 spiro atoms. The van der Waals surface area contributed by atoms with Gasteiger partial charge in [-0.25, -0.2) is 16.8 Å². The van der Waals surface area contributed by atoms with Crippen LogP contribution in [0.2, 0.25) is 0 Å². The summed E-state index contributed by atoms with van der Waals surface area (Å²) in [6, 6.07) is 14.4. The predicted molar refractivity (Wildman–Crippen MR) is 117 cm³/mol. The minimum Gasteiger partial charge on any atom is -0.258 e. The molecule has 0 fully saturated rings. The zero-order valence-corrected chi connectivity index (χ0v) is 18.6. The van der Waals surface area contributed by atoms with E-state index in [4.69, 9.17) is 0 Å². The van der Waals surface area contributed by atoms with E-state index in [1.54, 1.807) is 30.3 Å². The topological polar surface area (TPSA) is 158 Å². The summed E-state index contributed by atoms with van der Waals surface area (Å²) in [7, 11) is -9.47. The molecule has 172 valence electrons. The van der Waals surface area contributed by atoms with Gasteiger partial charge in [-0.2, -0.15) is 0 Å². The third kappa shape index (κ3) is 4.74. The van der Waals surface area contributed by atoms with Gasteiger partial charge in [0, 0.05) is 24.3 Å². The van der Waals surface area contributed by atoms with Crippen molar-refractivity contribution in [2.24, 2.45) is 0 Å². The van der Waals surface area contributed by atoms with Gasteiger partial charge in [-0.05, 0) is 36.8 Å². The first-order valence-corrected chi connectivity index (χ1v) is 12.2. The van der Waals surface area contributed by atoms with Crippen LogP contribution in [0, 0.1) is 20.2 Å². The van der Waals surface area contributed by atoms with E-state index in [9.17, 15) is 37.1 Å². The molecule has 3 aromatic carbocycles. The highest BCUT2D eigenvalue weighted by molar-refractivity contribution is 8.04. The summed E-state index contributed by atoms with van der Waals surface area (Å²) in [6.07, 6.45) is 0. The van der Waals surface area contributed by atoms with Gasteiger partial charge < -0.3 is 0 Å². The van der Waals surface area contributed by atoms with Gasteiger partial charge in [-0.1, -0.05) is 34.0 Å². The Morgan fingerprint density at radius 2 is 1.03 bits per heavy atom. The molecule has 0 saturated carbocycles. The molecule has 0 aliphatic rings. The Labute approximate surface area is 189 Å². The maximum atomic E-state index is 13.5. The molecule has 0 radical (unpaired) electrons. The number of sulfonamides is 2. The van der Waals surface area contributed by atoms with E-state index in [-0.39, 0.29) is 11.4 Å². The Kier molecular flexibility index (Phi) is 6.58. The summed E-state index contributed by atoms with van der Waals surface area (Å²) >= 11 is 0. The number of rotatable bonds is 8. The summed E-state index contributed by atoms with van der Waals surface area (Å²) < 4.78 is 54.3. The molecule has 13 heteroatoms. The normalized spacial score (nSPS) is 12.9. The summed E-state index contributed by atoms with van der Waals surface area (Å²) in [5.41, 5.74) is -0.363. The number of hydrogen-bond donors (Lipinski definition) is 0. The fourth-order valence-corrected chi connectivity index (χ4v) is 7.09. The molecule has 0 aliphatic carbocycles. The first-order chi connectivity index (χ1) is 15.5. The van der Waals surface area contributed by atoms with E-state index in [1.807, 2.05) is 0 Å². The van der Waals surface area contributed by atoms with E-state index in [1.165, 1.54) is 6.92 Å². The highest BCUT2D eigenvalue weighted by Crippen LogP contribution is 2.34. The lowest BCUT2D eigenvalue weighted by molar-refractivity contribution is -0.385. The molecule has 11 nitrogen and oxygen atoms in total. The average Bonchev–Trinajstić information content (AvgIpc) is 2.79. The van der Waals surface area contributed by atoms with Crippen LogP contribution in [0.4, 0.5) is 11.4 Å². The number of nitro benzene ring substituents is 2. The third-order valence-electron chi connectivity index (χ3n) is 4.76. The van der Waals surface area contributed by atoms with Crippen LogP contribution in [-0.2, 0) is 20.0 Å². The molecule has 33 heavy (non-hydrogen) atoms. The van der Waals surface area contributed by atoms with Crippen molar-refractivity contribution in [1.82, 2.24) is 3.71 Å². The zero-order chi connectivity index (χ0) is 24.4. The number of nitrogens with zero attached hydrogens (tertiary/aromatic N) is 3. The average molecular weight is 492 g/mol. The Morgan fingerprint density at radius 1 is 0.667 bits per heavy atom. The molecular formula is C20H17N3O8S2. The van der Waals surface area contributed by atoms with Gasteiger partial charge in [-0.15, -0.1) is 0 Å². The van der Waals surface area contributed by atoms with Crippen LogP contribution in [-0.4, -0.2) is 30.4 Å². The Hall–Kier alpha value is -3.68. The lowest BCUT2D eigenvalue weighted by Gasteiger charge is -2.28. The summed E-state index contributed by atoms with van der Waals surface area (Å²) in [5.74, 6) is 0. The maximum absolute atomic E-state index is 13.5. The van der Waals surface area contributed by atoms with Crippen molar-refractivity contribution in [3.63, 3.8) is 0 Å². The molecule has 1 atom stereocenters. The van der Waals surface area contributed by atoms with E-state index in [2.05, 4.69) is 0 Å². The van der Waals surface area contributed by atoms with Crippen molar-refractivity contribution in [2.45, 2.75) is 22.8 Å². The zero-order valence-electron chi connectivity index (χ0n) is 17.0. The predicted octanol–water partition coefficient (Wildman–Crippen LogP) is 3.64. The van der Waals surface area contributed by atoms with Gasteiger partial charge >= 0.3 is 0 Å². The van der Waals surface area contributed by atoms with E-state index >= 15 is 0 Å². The Balaban J connectivity index is 2.19. The smallest absolute Gasteiger partial charge is 0.258 e. The lowest BCUT2D eigenvalue weighted by atomic mass is 10.1. The number of nitro groups is 2. The first-order valence-electron chi connectivity index (χ1n) is 9.30. The number of benzene rings is 3. The second kappa shape index (κ2) is 9.05. The quantitative estimate of drug-likeness (QED) is 0.341. The van der Waals surface area contributed by atoms with Gasteiger partial charge in [0.2, 0.25) is 0 Å². The Morgan fingerprint density at radius 3 is 1.36 bits per heavy atom. The molecule has 0 aromatic heterocycles. The van der Waals surface area contributed by atoms with Crippen molar-refractivity contribution < 1.29 is 26.7 Å². The lowest BCUT2D eigenvalue weighted by Crippen LogP contribution is -2.39. The molecule has 0 bridgehead atoms. The second-order valence-corrected chi connectivity index (χ2v) is 10.7. The fraction of sp³-hybridized carbons (Fsp3) is 0.100. The van der Waals surface area contributed by atoms with Crippen molar-refractivity contribution in [3.05, 3.63) is 105 Å². The largest absolute Gasteiger partial charge is 0.269 e. The minimum atomic E-state index is -4.73. The van der Waals surface area contributed by atoms with Crippen molar-refractivity contribution in [3.8, 4) is 0 Å². The SMILES string of the molecule is C[C@@H](c1ccccc1)N(S(=O)(=O)c1ccc([N+](=O)[O-])cc1)S(=O)(=O)c1ccc([N+](=O)[O-])cc1. The van der Waals surface area contributed by atoms with Crippen LogP contribution in [0.1, 0.15) is 18.5 Å². The molecule has 0 aliphatic heterocycles. The number of hydrogen-bond acceptors (Lipinski definition) is 8. The van der Waals surface area contributed by atoms with Crippen molar-refractivity contribution in [1.29, 1.82) is 0 Å². The highest BCUT2D eigenvalue weighted by atomic mass is 32.3. The third-order valence-corrected chi connectivity index (χ3v) is 9.26. The standard InChI is InChI=1S/C20H17N3O8S2/c1-15(16-5-3-2-4-6-16)23(32(28,29)19-11-7-17(8-12-19)21(24)25)33(30,31)20-13-9-18(10-14-20)22(26)27/h2-15H,1H3/t15-/m0/s1. The Bertz CT molecular complexity index is 1300. The van der Waals surface area contributed by atoms with E-state index in [0.717, 1.165) is 48.5 Å². The fourth-order valence-electron chi connectivity index (χ4n) is 3.09. The second-order valence-electron chi connectivity index (χ2n) is 6.82. The van der Waals surface area contributed by atoms with Gasteiger partial charge in [0.1, 0.15) is 0 Å². The van der Waals surface area contributed by atoms with Crippen LogP contribution in [0.25, 0.3) is 0 Å². The van der Waals surface area contributed by atoms with Crippen molar-refractivity contribution >= 4 is 31.4 Å². The summed E-state index contributed by atoms with van der Waals surface area (Å²) in [5, 5.41) is 21.8. The molecule has 0 amide bonds. The van der Waals surface area contributed by atoms with Crippen LogP contribution in [0.3, 0.4) is 0 Å². The minimum absolute atomic E-state index is 0.303. The molecular weight excluding hydrogens is 474 g/mol. The number of non-ortho nitro benzene ring substituents is 2. The molecule has 0 unspecified atom stereocenters.